The molecule has 0 fully saturated rings. The Morgan fingerprint density at radius 3 is 1.15 bits per heavy atom. The highest BCUT2D eigenvalue weighted by atomic mass is 16.4. The maximum Gasteiger partial charge on any atom is 0.322 e. The zero-order valence-electron chi connectivity index (χ0n) is 10.9. The Hall–Kier alpha value is -2.20. The first kappa shape index (κ1) is 17.8. The highest BCUT2D eigenvalue weighted by Crippen LogP contribution is 2.11. The fraction of sp³-hybridized carbons (Fsp3) is 0.600. The summed E-state index contributed by atoms with van der Waals surface area (Å²) in [6.07, 6.45) is -1.51. The van der Waals surface area contributed by atoms with Crippen molar-refractivity contribution in [2.75, 3.05) is 14.1 Å². The summed E-state index contributed by atoms with van der Waals surface area (Å²) in [6, 6.07) is -3.01. The van der Waals surface area contributed by atoms with Gasteiger partial charge in [-0.15, -0.1) is 0 Å². The van der Waals surface area contributed by atoms with Gasteiger partial charge in [0.15, 0.2) is 0 Å². The summed E-state index contributed by atoms with van der Waals surface area (Å²) in [5.41, 5.74) is 0. The number of nitrogens with zero attached hydrogens (tertiary/aromatic N) is 2. The number of likely N-dealkylation sites (N-methyl/N-ethyl adjacent to an activating group) is 2. The van der Waals surface area contributed by atoms with E-state index in [1.165, 1.54) is 14.1 Å². The largest absolute Gasteiger partial charge is 0.481 e. The minimum absolute atomic E-state index is 0.754. The van der Waals surface area contributed by atoms with Crippen molar-refractivity contribution >= 4 is 23.9 Å². The van der Waals surface area contributed by atoms with E-state index < -0.39 is 48.8 Å². The van der Waals surface area contributed by atoms with Crippen molar-refractivity contribution in [2.45, 2.75) is 24.9 Å². The smallest absolute Gasteiger partial charge is 0.322 e. The Labute approximate surface area is 113 Å². The maximum atomic E-state index is 11.0. The average molecular weight is 292 g/mol. The number of rotatable bonds is 9. The van der Waals surface area contributed by atoms with Crippen LogP contribution in [-0.2, 0) is 19.2 Å². The molecule has 0 rings (SSSR count). The molecular weight excluding hydrogens is 276 g/mol. The number of hydrazine groups is 1. The molecule has 0 saturated heterocycles. The molecule has 0 unspecified atom stereocenters. The lowest BCUT2D eigenvalue weighted by atomic mass is 10.2. The van der Waals surface area contributed by atoms with E-state index in [4.69, 9.17) is 20.4 Å². The van der Waals surface area contributed by atoms with Gasteiger partial charge < -0.3 is 20.4 Å². The van der Waals surface area contributed by atoms with Crippen molar-refractivity contribution in [3.05, 3.63) is 0 Å². The van der Waals surface area contributed by atoms with E-state index in [1.807, 2.05) is 0 Å². The second-order valence-electron chi connectivity index (χ2n) is 4.05. The summed E-state index contributed by atoms with van der Waals surface area (Å²) in [7, 11) is 2.36. The van der Waals surface area contributed by atoms with Crippen molar-refractivity contribution in [1.29, 1.82) is 0 Å². The van der Waals surface area contributed by atoms with Crippen LogP contribution in [0, 0.1) is 0 Å². The molecule has 0 aromatic carbocycles. The Balaban J connectivity index is 5.13. The number of hydrogen-bond donors (Lipinski definition) is 4. The normalized spacial score (nSPS) is 14.0. The summed E-state index contributed by atoms with van der Waals surface area (Å²) in [5.74, 6) is -5.66. The monoisotopic (exact) mass is 292 g/mol. The molecule has 0 saturated carbocycles. The van der Waals surface area contributed by atoms with Gasteiger partial charge in [-0.3, -0.25) is 19.2 Å². The lowest BCUT2D eigenvalue weighted by molar-refractivity contribution is -0.168. The molecular formula is C10H16N2O8. The summed E-state index contributed by atoms with van der Waals surface area (Å²) in [5, 5.41) is 36.9. The Bertz CT molecular complexity index is 372. The number of carboxylic acid groups (broad SMARTS) is 4. The number of hydrogen-bond acceptors (Lipinski definition) is 6. The highest BCUT2D eigenvalue weighted by molar-refractivity contribution is 5.81. The first-order valence-electron chi connectivity index (χ1n) is 5.42. The molecule has 10 nitrogen and oxygen atoms in total. The van der Waals surface area contributed by atoms with Gasteiger partial charge in [-0.1, -0.05) is 0 Å². The van der Waals surface area contributed by atoms with E-state index in [0.717, 1.165) is 10.0 Å². The first-order chi connectivity index (χ1) is 9.07. The molecule has 0 aliphatic carbocycles. The predicted molar refractivity (Wildman–Crippen MR) is 62.9 cm³/mol. The summed E-state index contributed by atoms with van der Waals surface area (Å²) < 4.78 is 0. The molecule has 0 aliphatic heterocycles. The van der Waals surface area contributed by atoms with E-state index in [9.17, 15) is 19.2 Å². The summed E-state index contributed by atoms with van der Waals surface area (Å²) in [4.78, 5) is 43.2. The van der Waals surface area contributed by atoms with Crippen LogP contribution in [0.4, 0.5) is 0 Å². The third kappa shape index (κ3) is 5.20. The van der Waals surface area contributed by atoms with Crippen LogP contribution in [0.2, 0.25) is 0 Å². The number of carbonyl (C=O) groups is 4. The lowest BCUT2D eigenvalue weighted by Crippen LogP contribution is -2.55. The van der Waals surface area contributed by atoms with Crippen molar-refractivity contribution in [3.63, 3.8) is 0 Å². The van der Waals surface area contributed by atoms with E-state index in [0.29, 0.717) is 0 Å². The Morgan fingerprint density at radius 2 is 1.00 bits per heavy atom. The third-order valence-corrected chi connectivity index (χ3v) is 2.71. The van der Waals surface area contributed by atoms with E-state index in [1.54, 1.807) is 0 Å². The van der Waals surface area contributed by atoms with Crippen LogP contribution in [0.5, 0.6) is 0 Å². The van der Waals surface area contributed by atoms with Gasteiger partial charge in [-0.05, 0) is 0 Å². The zero-order valence-corrected chi connectivity index (χ0v) is 10.9. The standard InChI is InChI=1S/C10H16N2O8/c1-11(5(9(17)18)3-7(13)14)12(2)6(10(19)20)4-8(15)16/h5-6H,3-4H2,1-2H3,(H,13,14)(H,15,16)(H,17,18)(H,19,20)/t5-,6+. The molecule has 20 heavy (non-hydrogen) atoms. The predicted octanol–water partition coefficient (Wildman–Crippen LogP) is -1.38. The van der Waals surface area contributed by atoms with Crippen LogP contribution in [0.25, 0.3) is 0 Å². The molecule has 0 aromatic heterocycles. The molecule has 0 amide bonds. The van der Waals surface area contributed by atoms with Crippen LogP contribution in [-0.4, -0.2) is 80.5 Å². The van der Waals surface area contributed by atoms with Crippen LogP contribution < -0.4 is 0 Å². The Kier molecular flexibility index (Phi) is 6.59. The Morgan fingerprint density at radius 1 is 0.750 bits per heavy atom. The third-order valence-electron chi connectivity index (χ3n) is 2.71. The quantitative estimate of drug-likeness (QED) is 0.373. The molecule has 4 N–H and O–H groups in total. The number of carboxylic acids is 4. The first-order valence-corrected chi connectivity index (χ1v) is 5.42. The fourth-order valence-electron chi connectivity index (χ4n) is 1.53. The fourth-order valence-corrected chi connectivity index (χ4v) is 1.53. The van der Waals surface area contributed by atoms with Gasteiger partial charge in [-0.25, -0.2) is 10.0 Å². The van der Waals surface area contributed by atoms with Gasteiger partial charge in [0.2, 0.25) is 0 Å². The van der Waals surface area contributed by atoms with Gasteiger partial charge in [0.25, 0.3) is 0 Å². The van der Waals surface area contributed by atoms with Crippen LogP contribution >= 0.6 is 0 Å². The summed E-state index contributed by atoms with van der Waals surface area (Å²) >= 11 is 0. The van der Waals surface area contributed by atoms with E-state index >= 15 is 0 Å². The highest BCUT2D eigenvalue weighted by Gasteiger charge is 2.34. The minimum Gasteiger partial charge on any atom is -0.481 e. The zero-order chi connectivity index (χ0) is 16.0. The molecule has 0 radical (unpaired) electrons. The van der Waals surface area contributed by atoms with Gasteiger partial charge in [0, 0.05) is 14.1 Å². The topological polar surface area (TPSA) is 156 Å². The number of aliphatic carboxylic acids is 4. The molecule has 10 heteroatoms. The SMILES string of the molecule is CN([C@H](CC(=O)O)C(=O)O)N(C)[C@@H](CC(=O)O)C(=O)O. The van der Waals surface area contributed by atoms with E-state index in [2.05, 4.69) is 0 Å². The molecule has 0 aromatic rings. The molecule has 0 bridgehead atoms. The van der Waals surface area contributed by atoms with Crippen molar-refractivity contribution in [2.24, 2.45) is 0 Å². The average Bonchev–Trinajstić information content (AvgIpc) is 2.30. The minimum atomic E-state index is -1.51. The van der Waals surface area contributed by atoms with Crippen LogP contribution in [0.15, 0.2) is 0 Å². The summed E-state index contributed by atoms with van der Waals surface area (Å²) in [6.45, 7) is 0. The molecule has 0 spiro atoms. The van der Waals surface area contributed by atoms with Gasteiger partial charge in [0.05, 0.1) is 12.8 Å². The molecule has 2 atom stereocenters. The second kappa shape index (κ2) is 7.40. The van der Waals surface area contributed by atoms with Gasteiger partial charge in [0.1, 0.15) is 12.1 Å². The van der Waals surface area contributed by atoms with E-state index in [-0.39, 0.29) is 0 Å². The van der Waals surface area contributed by atoms with Crippen LogP contribution in [0.3, 0.4) is 0 Å². The molecule has 114 valence electrons. The van der Waals surface area contributed by atoms with Crippen LogP contribution in [0.1, 0.15) is 12.8 Å². The lowest BCUT2D eigenvalue weighted by Gasteiger charge is -2.35. The second-order valence-corrected chi connectivity index (χ2v) is 4.05. The maximum absolute atomic E-state index is 11.0. The van der Waals surface area contributed by atoms with Gasteiger partial charge in [-0.2, -0.15) is 0 Å². The molecule has 0 aliphatic rings. The van der Waals surface area contributed by atoms with Crippen molar-refractivity contribution < 1.29 is 39.6 Å². The van der Waals surface area contributed by atoms with Crippen molar-refractivity contribution in [3.8, 4) is 0 Å². The van der Waals surface area contributed by atoms with Crippen molar-refractivity contribution in [1.82, 2.24) is 10.0 Å². The van der Waals surface area contributed by atoms with Gasteiger partial charge >= 0.3 is 23.9 Å². The molecule has 0 heterocycles.